The van der Waals surface area contributed by atoms with E-state index in [4.69, 9.17) is 0 Å². The van der Waals surface area contributed by atoms with Crippen LogP contribution in [0.15, 0.2) is 12.2 Å². The van der Waals surface area contributed by atoms with E-state index in [1.54, 1.807) is 0 Å². The average molecular weight is 154 g/mol. The Morgan fingerprint density at radius 2 is 2.00 bits per heavy atom. The lowest BCUT2D eigenvalue weighted by atomic mass is 9.88. The van der Waals surface area contributed by atoms with Gasteiger partial charge in [-0.2, -0.15) is 0 Å². The van der Waals surface area contributed by atoms with Crippen LogP contribution in [0.4, 0.5) is 0 Å². The molecule has 1 rings (SSSR count). The Bertz CT molecular complexity index is 141. The molecule has 0 bridgehead atoms. The van der Waals surface area contributed by atoms with Gasteiger partial charge in [0.1, 0.15) is 0 Å². The SMILES string of the molecule is CCC(C)CC1(O)CC=CC1. The predicted molar refractivity (Wildman–Crippen MR) is 47.4 cm³/mol. The van der Waals surface area contributed by atoms with E-state index in [9.17, 15) is 5.11 Å². The fraction of sp³-hybridized carbons (Fsp3) is 0.800. The van der Waals surface area contributed by atoms with Crippen LogP contribution >= 0.6 is 0 Å². The van der Waals surface area contributed by atoms with Gasteiger partial charge >= 0.3 is 0 Å². The molecule has 0 saturated carbocycles. The molecule has 1 unspecified atom stereocenters. The first kappa shape index (κ1) is 8.79. The largest absolute Gasteiger partial charge is 0.389 e. The van der Waals surface area contributed by atoms with Crippen molar-refractivity contribution in [2.75, 3.05) is 0 Å². The normalized spacial score (nSPS) is 23.9. The van der Waals surface area contributed by atoms with Gasteiger partial charge < -0.3 is 5.11 Å². The lowest BCUT2D eigenvalue weighted by Crippen LogP contribution is -2.26. The molecule has 1 atom stereocenters. The Morgan fingerprint density at radius 1 is 1.45 bits per heavy atom. The molecule has 64 valence electrons. The maximum atomic E-state index is 9.93. The highest BCUT2D eigenvalue weighted by Crippen LogP contribution is 2.30. The number of rotatable bonds is 3. The summed E-state index contributed by atoms with van der Waals surface area (Å²) in [4.78, 5) is 0. The molecule has 1 heteroatoms. The Labute approximate surface area is 69.1 Å². The van der Waals surface area contributed by atoms with E-state index in [1.165, 1.54) is 6.42 Å². The number of hydrogen-bond acceptors (Lipinski definition) is 1. The number of hydrogen-bond donors (Lipinski definition) is 1. The molecule has 0 heterocycles. The summed E-state index contributed by atoms with van der Waals surface area (Å²) in [5.74, 6) is 0.653. The molecule has 0 spiro atoms. The van der Waals surface area contributed by atoms with Crippen molar-refractivity contribution in [2.45, 2.75) is 45.1 Å². The van der Waals surface area contributed by atoms with E-state index in [0.717, 1.165) is 19.3 Å². The predicted octanol–water partition coefficient (Wildman–Crippen LogP) is 2.50. The fourth-order valence-corrected chi connectivity index (χ4v) is 1.65. The first-order chi connectivity index (χ1) is 5.16. The van der Waals surface area contributed by atoms with E-state index in [-0.39, 0.29) is 0 Å². The van der Waals surface area contributed by atoms with Gasteiger partial charge in [-0.05, 0) is 25.2 Å². The number of aliphatic hydroxyl groups is 1. The van der Waals surface area contributed by atoms with Gasteiger partial charge in [-0.25, -0.2) is 0 Å². The second kappa shape index (κ2) is 3.40. The summed E-state index contributed by atoms with van der Waals surface area (Å²) < 4.78 is 0. The van der Waals surface area contributed by atoms with Crippen molar-refractivity contribution in [3.8, 4) is 0 Å². The van der Waals surface area contributed by atoms with Gasteiger partial charge in [0.05, 0.1) is 5.60 Å². The minimum atomic E-state index is -0.393. The highest BCUT2D eigenvalue weighted by Gasteiger charge is 2.28. The summed E-state index contributed by atoms with van der Waals surface area (Å²) in [5.41, 5.74) is -0.393. The first-order valence-corrected chi connectivity index (χ1v) is 4.54. The van der Waals surface area contributed by atoms with Crippen LogP contribution in [0.2, 0.25) is 0 Å². The Kier molecular flexibility index (Phi) is 2.72. The third-order valence-corrected chi connectivity index (χ3v) is 2.59. The zero-order valence-electron chi connectivity index (χ0n) is 7.51. The van der Waals surface area contributed by atoms with Crippen LogP contribution in [0.3, 0.4) is 0 Å². The highest BCUT2D eigenvalue weighted by atomic mass is 16.3. The first-order valence-electron chi connectivity index (χ1n) is 4.54. The van der Waals surface area contributed by atoms with Crippen molar-refractivity contribution >= 4 is 0 Å². The Morgan fingerprint density at radius 3 is 2.45 bits per heavy atom. The smallest absolute Gasteiger partial charge is 0.0718 e. The molecule has 0 saturated heterocycles. The Hall–Kier alpha value is -0.300. The molecule has 11 heavy (non-hydrogen) atoms. The average Bonchev–Trinajstić information content (AvgIpc) is 2.36. The van der Waals surface area contributed by atoms with Gasteiger partial charge in [0.15, 0.2) is 0 Å². The highest BCUT2D eigenvalue weighted by molar-refractivity contribution is 5.03. The van der Waals surface area contributed by atoms with Gasteiger partial charge in [0.25, 0.3) is 0 Å². The van der Waals surface area contributed by atoms with Gasteiger partial charge in [-0.3, -0.25) is 0 Å². The van der Waals surface area contributed by atoms with Crippen molar-refractivity contribution in [2.24, 2.45) is 5.92 Å². The van der Waals surface area contributed by atoms with Crippen molar-refractivity contribution in [1.29, 1.82) is 0 Å². The molecular weight excluding hydrogens is 136 g/mol. The third kappa shape index (κ3) is 2.33. The zero-order chi connectivity index (χ0) is 8.32. The van der Waals surface area contributed by atoms with Gasteiger partial charge in [0.2, 0.25) is 0 Å². The molecule has 1 nitrogen and oxygen atoms in total. The van der Waals surface area contributed by atoms with E-state index in [1.807, 2.05) is 0 Å². The second-order valence-electron chi connectivity index (χ2n) is 3.82. The molecule has 0 aromatic carbocycles. The quantitative estimate of drug-likeness (QED) is 0.619. The van der Waals surface area contributed by atoms with Crippen LogP contribution in [0.25, 0.3) is 0 Å². The minimum absolute atomic E-state index is 0.393. The van der Waals surface area contributed by atoms with Crippen molar-refractivity contribution in [3.63, 3.8) is 0 Å². The summed E-state index contributed by atoms with van der Waals surface area (Å²) in [6.07, 6.45) is 8.01. The van der Waals surface area contributed by atoms with E-state index in [2.05, 4.69) is 26.0 Å². The standard InChI is InChI=1S/C10H18O/c1-3-9(2)8-10(11)6-4-5-7-10/h4-5,9,11H,3,6-8H2,1-2H3. The van der Waals surface area contributed by atoms with E-state index in [0.29, 0.717) is 5.92 Å². The van der Waals surface area contributed by atoms with Crippen molar-refractivity contribution < 1.29 is 5.11 Å². The maximum Gasteiger partial charge on any atom is 0.0718 e. The molecule has 0 aromatic heterocycles. The molecule has 0 aromatic rings. The van der Waals surface area contributed by atoms with Crippen LogP contribution in [0.1, 0.15) is 39.5 Å². The van der Waals surface area contributed by atoms with Gasteiger partial charge in [-0.1, -0.05) is 32.4 Å². The summed E-state index contributed by atoms with van der Waals surface area (Å²) in [7, 11) is 0. The third-order valence-electron chi connectivity index (χ3n) is 2.59. The lowest BCUT2D eigenvalue weighted by Gasteiger charge is -2.25. The lowest BCUT2D eigenvalue weighted by molar-refractivity contribution is 0.0298. The van der Waals surface area contributed by atoms with Crippen LogP contribution < -0.4 is 0 Å². The van der Waals surface area contributed by atoms with E-state index < -0.39 is 5.60 Å². The summed E-state index contributed by atoms with van der Waals surface area (Å²) in [5, 5.41) is 9.93. The van der Waals surface area contributed by atoms with Crippen LogP contribution in [0, 0.1) is 5.92 Å². The van der Waals surface area contributed by atoms with Crippen LogP contribution in [0.5, 0.6) is 0 Å². The van der Waals surface area contributed by atoms with Crippen LogP contribution in [-0.2, 0) is 0 Å². The maximum absolute atomic E-state index is 9.93. The van der Waals surface area contributed by atoms with Gasteiger partial charge in [0, 0.05) is 0 Å². The van der Waals surface area contributed by atoms with Crippen molar-refractivity contribution in [1.82, 2.24) is 0 Å². The van der Waals surface area contributed by atoms with E-state index >= 15 is 0 Å². The molecule has 0 radical (unpaired) electrons. The zero-order valence-corrected chi connectivity index (χ0v) is 7.51. The molecule has 0 aliphatic heterocycles. The molecular formula is C10H18O. The summed E-state index contributed by atoms with van der Waals surface area (Å²) in [6.45, 7) is 4.38. The van der Waals surface area contributed by atoms with Crippen molar-refractivity contribution in [3.05, 3.63) is 12.2 Å². The molecule has 0 fully saturated rings. The van der Waals surface area contributed by atoms with Gasteiger partial charge in [-0.15, -0.1) is 0 Å². The monoisotopic (exact) mass is 154 g/mol. The Balaban J connectivity index is 2.35. The second-order valence-corrected chi connectivity index (χ2v) is 3.82. The fourth-order valence-electron chi connectivity index (χ4n) is 1.65. The minimum Gasteiger partial charge on any atom is -0.389 e. The van der Waals surface area contributed by atoms with Crippen LogP contribution in [-0.4, -0.2) is 10.7 Å². The molecule has 1 aliphatic carbocycles. The molecule has 0 amide bonds. The topological polar surface area (TPSA) is 20.2 Å². The molecule has 1 N–H and O–H groups in total. The summed E-state index contributed by atoms with van der Waals surface area (Å²) >= 11 is 0. The summed E-state index contributed by atoms with van der Waals surface area (Å²) in [6, 6.07) is 0. The molecule has 1 aliphatic rings.